The average molecular weight is 452 g/mol. The lowest BCUT2D eigenvalue weighted by Gasteiger charge is -2.36. The van der Waals surface area contributed by atoms with Crippen molar-refractivity contribution in [3.63, 3.8) is 0 Å². The van der Waals surface area contributed by atoms with Gasteiger partial charge in [0.2, 0.25) is 0 Å². The van der Waals surface area contributed by atoms with Crippen LogP contribution in [0.1, 0.15) is 19.8 Å². The number of ether oxygens (including phenoxy) is 2. The van der Waals surface area contributed by atoms with Crippen LogP contribution in [0.15, 0.2) is 24.3 Å². The van der Waals surface area contributed by atoms with Gasteiger partial charge in [0.15, 0.2) is 0 Å². The maximum Gasteiger partial charge on any atom is 0.303 e. The zero-order valence-corrected chi connectivity index (χ0v) is 16.5. The van der Waals surface area contributed by atoms with Gasteiger partial charge in [0.1, 0.15) is 6.10 Å². The van der Waals surface area contributed by atoms with Crippen LogP contribution in [-0.2, 0) is 14.3 Å². The van der Waals surface area contributed by atoms with Crippen molar-refractivity contribution in [1.82, 2.24) is 5.32 Å². The molecular formula is C16H24Br2N2O3. The molecular weight excluding hydrogens is 428 g/mol. The molecule has 0 aromatic carbocycles. The summed E-state index contributed by atoms with van der Waals surface area (Å²) in [6.45, 7) is 1.43. The Morgan fingerprint density at radius 2 is 1.96 bits per heavy atom. The summed E-state index contributed by atoms with van der Waals surface area (Å²) in [6.07, 6.45) is 9.55. The fourth-order valence-electron chi connectivity index (χ4n) is 2.97. The molecule has 0 spiro atoms. The highest BCUT2D eigenvalue weighted by atomic mass is 79.9. The van der Waals surface area contributed by atoms with Gasteiger partial charge in [-0.2, -0.15) is 0 Å². The Balaban J connectivity index is 1.95. The highest BCUT2D eigenvalue weighted by Gasteiger charge is 2.34. The third-order valence-corrected chi connectivity index (χ3v) is 6.16. The number of halogens is 2. The van der Waals surface area contributed by atoms with Gasteiger partial charge in [0.25, 0.3) is 0 Å². The van der Waals surface area contributed by atoms with E-state index in [0.29, 0.717) is 6.42 Å². The molecule has 2 aliphatic carbocycles. The summed E-state index contributed by atoms with van der Waals surface area (Å²) in [4.78, 5) is 11.5. The van der Waals surface area contributed by atoms with Gasteiger partial charge in [-0.3, -0.25) is 10.1 Å². The minimum absolute atomic E-state index is 0.0225. The molecule has 0 aromatic rings. The van der Waals surface area contributed by atoms with Gasteiger partial charge in [-0.05, 0) is 18.9 Å². The SMILES string of the molecule is COC1C=CC(NC(Br)C2CC(OC(C)=O)C=CC2N)C(Br)C1. The van der Waals surface area contributed by atoms with Crippen molar-refractivity contribution in [2.24, 2.45) is 11.7 Å². The Hall–Kier alpha value is -0.210. The van der Waals surface area contributed by atoms with Gasteiger partial charge in [-0.15, -0.1) is 0 Å². The molecule has 7 heteroatoms. The van der Waals surface area contributed by atoms with E-state index in [1.807, 2.05) is 12.2 Å². The maximum absolute atomic E-state index is 11.1. The molecule has 2 rings (SSSR count). The fourth-order valence-corrected chi connectivity index (χ4v) is 4.54. The lowest BCUT2D eigenvalue weighted by atomic mass is 9.87. The number of nitrogens with two attached hydrogens (primary N) is 1. The number of rotatable bonds is 5. The van der Waals surface area contributed by atoms with Crippen molar-refractivity contribution >= 4 is 37.8 Å². The third kappa shape index (κ3) is 5.39. The molecule has 3 N–H and O–H groups in total. The van der Waals surface area contributed by atoms with Gasteiger partial charge in [-0.1, -0.05) is 50.1 Å². The van der Waals surface area contributed by atoms with Gasteiger partial charge in [0.05, 0.1) is 11.1 Å². The zero-order chi connectivity index (χ0) is 17.0. The zero-order valence-electron chi connectivity index (χ0n) is 13.3. The largest absolute Gasteiger partial charge is 0.458 e. The molecule has 0 saturated heterocycles. The molecule has 0 saturated carbocycles. The Labute approximate surface area is 154 Å². The Kier molecular flexibility index (Phi) is 7.28. The first kappa shape index (κ1) is 19.1. The van der Waals surface area contributed by atoms with Crippen LogP contribution < -0.4 is 11.1 Å². The van der Waals surface area contributed by atoms with Crippen molar-refractivity contribution in [3.05, 3.63) is 24.3 Å². The molecule has 7 unspecified atom stereocenters. The molecule has 0 aromatic heterocycles. The highest BCUT2D eigenvalue weighted by Crippen LogP contribution is 2.29. The third-order valence-electron chi connectivity index (χ3n) is 4.27. The van der Waals surface area contributed by atoms with Crippen LogP contribution in [-0.4, -0.2) is 47.1 Å². The number of alkyl halides is 2. The summed E-state index contributed by atoms with van der Waals surface area (Å²) < 4.78 is 10.7. The topological polar surface area (TPSA) is 73.6 Å². The molecule has 0 amide bonds. The molecule has 7 atom stereocenters. The molecule has 0 heterocycles. The highest BCUT2D eigenvalue weighted by molar-refractivity contribution is 9.09. The average Bonchev–Trinajstić information content (AvgIpc) is 2.50. The van der Waals surface area contributed by atoms with Crippen LogP contribution in [0.3, 0.4) is 0 Å². The Morgan fingerprint density at radius 1 is 1.26 bits per heavy atom. The van der Waals surface area contributed by atoms with Crippen LogP contribution in [0.5, 0.6) is 0 Å². The second kappa shape index (κ2) is 8.76. The van der Waals surface area contributed by atoms with E-state index < -0.39 is 0 Å². The number of carbonyl (C=O) groups is 1. The molecule has 0 bridgehead atoms. The van der Waals surface area contributed by atoms with Crippen molar-refractivity contribution in [2.75, 3.05) is 7.11 Å². The van der Waals surface area contributed by atoms with Crippen molar-refractivity contribution in [2.45, 2.75) is 53.8 Å². The smallest absolute Gasteiger partial charge is 0.303 e. The lowest BCUT2D eigenvalue weighted by Crippen LogP contribution is -2.50. The second-order valence-corrected chi connectivity index (χ2v) is 8.18. The monoisotopic (exact) mass is 450 g/mol. The first-order valence-electron chi connectivity index (χ1n) is 7.77. The van der Waals surface area contributed by atoms with Gasteiger partial charge in [-0.25, -0.2) is 0 Å². The standard InChI is InChI=1S/C16H24Br2N2O3/c1-9(21)23-11-3-5-14(19)12(7-11)16(18)20-15-6-4-10(22-2)8-13(15)17/h3-6,10-16,20H,7-8,19H2,1-2H3. The Bertz CT molecular complexity index is 472. The van der Waals surface area contributed by atoms with Crippen molar-refractivity contribution in [1.29, 1.82) is 0 Å². The van der Waals surface area contributed by atoms with E-state index in [4.69, 9.17) is 15.2 Å². The first-order chi connectivity index (χ1) is 10.9. The summed E-state index contributed by atoms with van der Waals surface area (Å²) in [5.41, 5.74) is 6.21. The van der Waals surface area contributed by atoms with Crippen molar-refractivity contribution in [3.8, 4) is 0 Å². The first-order valence-corrected chi connectivity index (χ1v) is 9.60. The van der Waals surface area contributed by atoms with E-state index in [2.05, 4.69) is 49.3 Å². The van der Waals surface area contributed by atoms with E-state index in [9.17, 15) is 4.79 Å². The van der Waals surface area contributed by atoms with E-state index in [1.165, 1.54) is 6.92 Å². The molecule has 130 valence electrons. The van der Waals surface area contributed by atoms with E-state index >= 15 is 0 Å². The number of hydrogen-bond donors (Lipinski definition) is 2. The number of carbonyl (C=O) groups excluding carboxylic acids is 1. The van der Waals surface area contributed by atoms with E-state index in [0.717, 1.165) is 6.42 Å². The number of esters is 1. The maximum atomic E-state index is 11.1. The molecule has 0 fully saturated rings. The van der Waals surface area contributed by atoms with Crippen LogP contribution in [0.2, 0.25) is 0 Å². The van der Waals surface area contributed by atoms with Crippen LogP contribution >= 0.6 is 31.9 Å². The summed E-state index contributed by atoms with van der Waals surface area (Å²) >= 11 is 7.44. The summed E-state index contributed by atoms with van der Waals surface area (Å²) in [5, 5.41) is 3.56. The van der Waals surface area contributed by atoms with Crippen LogP contribution in [0.4, 0.5) is 0 Å². The number of methoxy groups -OCH3 is 1. The van der Waals surface area contributed by atoms with Gasteiger partial charge in [0, 0.05) is 36.9 Å². The normalized spacial score (nSPS) is 38.3. The van der Waals surface area contributed by atoms with E-state index in [1.54, 1.807) is 7.11 Å². The van der Waals surface area contributed by atoms with Gasteiger partial charge < -0.3 is 15.2 Å². The quantitative estimate of drug-likeness (QED) is 0.290. The number of nitrogens with one attached hydrogen (secondary N) is 1. The fraction of sp³-hybridized carbons (Fsp3) is 0.688. The molecule has 0 aliphatic heterocycles. The van der Waals surface area contributed by atoms with Gasteiger partial charge >= 0.3 is 5.97 Å². The predicted octanol–water partition coefficient (Wildman–Crippen LogP) is 2.24. The van der Waals surface area contributed by atoms with Crippen molar-refractivity contribution < 1.29 is 14.3 Å². The van der Waals surface area contributed by atoms with E-state index in [-0.39, 0.29) is 46.0 Å². The molecule has 5 nitrogen and oxygen atoms in total. The lowest BCUT2D eigenvalue weighted by molar-refractivity contribution is -0.145. The molecule has 0 radical (unpaired) electrons. The second-order valence-electron chi connectivity index (χ2n) is 6.01. The predicted molar refractivity (Wildman–Crippen MR) is 97.7 cm³/mol. The minimum atomic E-state index is -0.269. The number of hydrogen-bond acceptors (Lipinski definition) is 5. The summed E-state index contributed by atoms with van der Waals surface area (Å²) in [6, 6.07) is 0.114. The molecule has 23 heavy (non-hydrogen) atoms. The minimum Gasteiger partial charge on any atom is -0.458 e. The van der Waals surface area contributed by atoms with Crippen LogP contribution in [0, 0.1) is 5.92 Å². The summed E-state index contributed by atoms with van der Waals surface area (Å²) in [7, 11) is 1.72. The Morgan fingerprint density at radius 3 is 2.57 bits per heavy atom. The van der Waals surface area contributed by atoms with Crippen LogP contribution in [0.25, 0.3) is 0 Å². The molecule has 2 aliphatic rings. The summed E-state index contributed by atoms with van der Waals surface area (Å²) in [5.74, 6) is -0.133.